The zero-order valence-electron chi connectivity index (χ0n) is 25.8. The van der Waals surface area contributed by atoms with Crippen molar-refractivity contribution in [2.45, 2.75) is 26.2 Å². The van der Waals surface area contributed by atoms with Crippen LogP contribution in [0.25, 0.3) is 27.6 Å². The molecule has 198 valence electrons. The van der Waals surface area contributed by atoms with Crippen LogP contribution in [-0.4, -0.2) is 23.2 Å². The number of pyridine rings is 1. The summed E-state index contributed by atoms with van der Waals surface area (Å²) in [6, 6.07) is 34.3. The second-order valence-corrected chi connectivity index (χ2v) is 11.3. The van der Waals surface area contributed by atoms with E-state index in [9.17, 15) is 0 Å². The van der Waals surface area contributed by atoms with Crippen molar-refractivity contribution in [3.8, 4) is 17.3 Å². The van der Waals surface area contributed by atoms with Gasteiger partial charge in [0, 0.05) is 45.9 Å². The fourth-order valence-corrected chi connectivity index (χ4v) is 5.55. The van der Waals surface area contributed by atoms with Crippen molar-refractivity contribution >= 4 is 38.9 Å². The molecule has 2 aromatic heterocycles. The van der Waals surface area contributed by atoms with Crippen LogP contribution >= 0.6 is 0 Å². The number of aromatic nitrogens is 2. The minimum Gasteiger partial charge on any atom is -0.457 e. The summed E-state index contributed by atoms with van der Waals surface area (Å²) in [7, 11) is 0. The SMILES string of the molecule is [2H]C([2H])([2H])N1CN(c2cccc(Oc3ccc4c5ccccc5n(-c5ccccn5)c4c3)c2)c2cc(C(C)(C)C)ccc21. The fourth-order valence-electron chi connectivity index (χ4n) is 5.55. The van der Waals surface area contributed by atoms with Crippen LogP contribution in [0, 0.1) is 0 Å². The Morgan fingerprint density at radius 1 is 0.750 bits per heavy atom. The van der Waals surface area contributed by atoms with Crippen molar-refractivity contribution in [2.24, 2.45) is 0 Å². The van der Waals surface area contributed by atoms with Gasteiger partial charge in [-0.1, -0.05) is 57.2 Å². The van der Waals surface area contributed by atoms with E-state index in [1.165, 1.54) is 4.90 Å². The Morgan fingerprint density at radius 3 is 2.40 bits per heavy atom. The standard InChI is InChI=1S/C35H32N4O/c1-35(2,3)24-15-18-31-33(20-24)38(23-37(31)4)25-10-9-11-26(21-25)40-27-16-17-29-28-12-5-6-13-30(28)39(32(29)22-27)34-14-7-8-19-36-34/h5-22H,23H2,1-4H3/i4D3. The fraction of sp³-hybridized carbons (Fsp3) is 0.171. The number of ether oxygens (including phenoxy) is 1. The van der Waals surface area contributed by atoms with Crippen molar-refractivity contribution in [2.75, 3.05) is 23.4 Å². The van der Waals surface area contributed by atoms with Crippen LogP contribution < -0.4 is 14.5 Å². The van der Waals surface area contributed by atoms with Gasteiger partial charge in [0.1, 0.15) is 17.3 Å². The third-order valence-corrected chi connectivity index (χ3v) is 7.59. The number of hydrogen-bond donors (Lipinski definition) is 0. The van der Waals surface area contributed by atoms with E-state index in [1.807, 2.05) is 77.7 Å². The summed E-state index contributed by atoms with van der Waals surface area (Å²) in [5.41, 5.74) is 5.60. The molecule has 0 saturated heterocycles. The highest BCUT2D eigenvalue weighted by Crippen LogP contribution is 2.43. The van der Waals surface area contributed by atoms with Crippen LogP contribution in [0.2, 0.25) is 0 Å². The first-order valence-electron chi connectivity index (χ1n) is 15.0. The summed E-state index contributed by atoms with van der Waals surface area (Å²) in [6.45, 7) is 4.44. The zero-order valence-corrected chi connectivity index (χ0v) is 22.8. The topological polar surface area (TPSA) is 33.5 Å². The first kappa shape index (κ1) is 21.1. The molecular weight excluding hydrogens is 492 g/mol. The third-order valence-electron chi connectivity index (χ3n) is 7.59. The van der Waals surface area contributed by atoms with Gasteiger partial charge in [0.25, 0.3) is 0 Å². The molecule has 0 saturated carbocycles. The molecule has 5 heteroatoms. The predicted octanol–water partition coefficient (Wildman–Crippen LogP) is 8.81. The second kappa shape index (κ2) is 9.16. The number of benzene rings is 4. The summed E-state index contributed by atoms with van der Waals surface area (Å²) in [5.74, 6) is 2.21. The van der Waals surface area contributed by atoms with E-state index in [-0.39, 0.29) is 12.1 Å². The smallest absolute Gasteiger partial charge is 0.137 e. The molecule has 0 radical (unpaired) electrons. The first-order valence-corrected chi connectivity index (χ1v) is 13.5. The summed E-state index contributed by atoms with van der Waals surface area (Å²) in [4.78, 5) is 8.15. The van der Waals surface area contributed by atoms with E-state index in [4.69, 9.17) is 8.85 Å². The molecule has 0 aliphatic carbocycles. The Balaban J connectivity index is 1.27. The lowest BCUT2D eigenvalue weighted by atomic mass is 9.86. The van der Waals surface area contributed by atoms with Crippen LogP contribution in [0.5, 0.6) is 11.5 Å². The normalized spacial score (nSPS) is 14.7. The quantitative estimate of drug-likeness (QED) is 0.229. The average molecular weight is 528 g/mol. The first-order chi connectivity index (χ1) is 20.6. The molecule has 7 rings (SSSR count). The van der Waals surface area contributed by atoms with Gasteiger partial charge in [0.15, 0.2) is 0 Å². The number of anilines is 3. The van der Waals surface area contributed by atoms with Crippen molar-refractivity contribution in [3.63, 3.8) is 0 Å². The zero-order chi connectivity index (χ0) is 29.9. The van der Waals surface area contributed by atoms with Crippen molar-refractivity contribution in [1.29, 1.82) is 0 Å². The van der Waals surface area contributed by atoms with E-state index >= 15 is 0 Å². The number of nitrogens with zero attached hydrogens (tertiary/aromatic N) is 4. The Bertz CT molecular complexity index is 1980. The van der Waals surface area contributed by atoms with Crippen LogP contribution in [0.3, 0.4) is 0 Å². The maximum absolute atomic E-state index is 8.17. The van der Waals surface area contributed by atoms with Gasteiger partial charge in [-0.3, -0.25) is 4.57 Å². The molecule has 0 unspecified atom stereocenters. The van der Waals surface area contributed by atoms with Gasteiger partial charge < -0.3 is 14.5 Å². The number of hydrogen-bond acceptors (Lipinski definition) is 4. The molecular formula is C35H32N4O. The second-order valence-electron chi connectivity index (χ2n) is 11.3. The van der Waals surface area contributed by atoms with Crippen molar-refractivity contribution in [1.82, 2.24) is 9.55 Å². The molecule has 0 N–H and O–H groups in total. The van der Waals surface area contributed by atoms with Gasteiger partial charge in [-0.2, -0.15) is 0 Å². The molecule has 0 amide bonds. The summed E-state index contributed by atoms with van der Waals surface area (Å²) < 4.78 is 33.1. The van der Waals surface area contributed by atoms with Crippen molar-refractivity contribution in [3.05, 3.63) is 115 Å². The summed E-state index contributed by atoms with van der Waals surface area (Å²) in [6.07, 6.45) is 1.80. The van der Waals surface area contributed by atoms with Gasteiger partial charge >= 0.3 is 0 Å². The molecule has 4 aromatic carbocycles. The summed E-state index contributed by atoms with van der Waals surface area (Å²) in [5, 5.41) is 2.27. The lowest BCUT2D eigenvalue weighted by molar-refractivity contribution is 0.483. The molecule has 0 fully saturated rings. The molecule has 0 spiro atoms. The van der Waals surface area contributed by atoms with Gasteiger partial charge in [-0.25, -0.2) is 4.98 Å². The van der Waals surface area contributed by atoms with Gasteiger partial charge in [-0.05, 0) is 65.6 Å². The van der Waals surface area contributed by atoms with E-state index in [0.717, 1.165) is 44.6 Å². The minimum absolute atomic E-state index is 0.0740. The molecule has 0 atom stereocenters. The molecule has 5 nitrogen and oxygen atoms in total. The predicted molar refractivity (Wildman–Crippen MR) is 166 cm³/mol. The van der Waals surface area contributed by atoms with Crippen molar-refractivity contribution < 1.29 is 8.85 Å². The van der Waals surface area contributed by atoms with Gasteiger partial charge in [0.2, 0.25) is 0 Å². The Morgan fingerprint density at radius 2 is 1.57 bits per heavy atom. The highest BCUT2D eigenvalue weighted by atomic mass is 16.5. The van der Waals surface area contributed by atoms with Crippen LogP contribution in [0.15, 0.2) is 109 Å². The molecule has 6 aromatic rings. The summed E-state index contributed by atoms with van der Waals surface area (Å²) >= 11 is 0. The van der Waals surface area contributed by atoms with Gasteiger partial charge in [-0.15, -0.1) is 0 Å². The number of fused-ring (bicyclic) bond motifs is 4. The maximum Gasteiger partial charge on any atom is 0.137 e. The molecule has 3 heterocycles. The van der Waals surface area contributed by atoms with E-state index in [2.05, 4.69) is 60.7 Å². The molecule has 0 bridgehead atoms. The van der Waals surface area contributed by atoms with Crippen LogP contribution in [0.1, 0.15) is 30.4 Å². The highest BCUT2D eigenvalue weighted by molar-refractivity contribution is 6.09. The lowest BCUT2D eigenvalue weighted by Gasteiger charge is -2.23. The van der Waals surface area contributed by atoms with E-state index < -0.39 is 6.98 Å². The molecule has 1 aliphatic rings. The molecule has 40 heavy (non-hydrogen) atoms. The minimum atomic E-state index is -2.26. The largest absolute Gasteiger partial charge is 0.457 e. The number of rotatable bonds is 4. The number of para-hydroxylation sites is 1. The van der Waals surface area contributed by atoms with E-state index in [1.54, 1.807) is 6.20 Å². The monoisotopic (exact) mass is 527 g/mol. The maximum atomic E-state index is 8.17. The van der Waals surface area contributed by atoms with Gasteiger partial charge in [0.05, 0.1) is 29.1 Å². The third kappa shape index (κ3) is 4.06. The van der Waals surface area contributed by atoms with Crippen LogP contribution in [-0.2, 0) is 5.41 Å². The van der Waals surface area contributed by atoms with Crippen LogP contribution in [0.4, 0.5) is 17.1 Å². The lowest BCUT2D eigenvalue weighted by Crippen LogP contribution is -2.23. The molecule has 1 aliphatic heterocycles. The average Bonchev–Trinajstić information content (AvgIpc) is 3.53. The highest BCUT2D eigenvalue weighted by Gasteiger charge is 2.27. The van der Waals surface area contributed by atoms with E-state index in [0.29, 0.717) is 17.2 Å². The Hall–Kier alpha value is -4.77. The Labute approximate surface area is 239 Å². The Kier molecular flexibility index (Phi) is 4.83.